The second kappa shape index (κ2) is 4.85. The zero-order valence-corrected chi connectivity index (χ0v) is 15.7. The zero-order valence-electron chi connectivity index (χ0n) is 15.7. The highest BCUT2D eigenvalue weighted by Crippen LogP contribution is 2.60. The number of nitrogens with zero attached hydrogens (tertiary/aromatic N) is 2. The fourth-order valence-electron chi connectivity index (χ4n) is 5.91. The van der Waals surface area contributed by atoms with E-state index in [1.165, 1.54) is 23.1 Å². The Balaban J connectivity index is 1.80. The number of hydrogen-bond acceptors (Lipinski definition) is 3. The van der Waals surface area contributed by atoms with Gasteiger partial charge in [-0.3, -0.25) is 4.90 Å². The van der Waals surface area contributed by atoms with E-state index in [9.17, 15) is 0 Å². The second-order valence-corrected chi connectivity index (χ2v) is 8.56. The molecule has 4 heterocycles. The first kappa shape index (κ1) is 15.4. The number of aryl methyl sites for hydroxylation is 1. The molecule has 5 rings (SSSR count). The van der Waals surface area contributed by atoms with E-state index < -0.39 is 0 Å². The van der Waals surface area contributed by atoms with Gasteiger partial charge in [-0.05, 0) is 49.8 Å². The topological polar surface area (TPSA) is 29.3 Å². The SMILES string of the molecule is Cc1ccc2c(oc3ncccc32)c1C1[C@@H](C)N2CC1(C)C(C)C2C. The van der Waals surface area contributed by atoms with Crippen LogP contribution in [0.4, 0.5) is 0 Å². The fraction of sp³-hybridized carbons (Fsp3) is 0.500. The molecule has 0 radical (unpaired) electrons. The van der Waals surface area contributed by atoms with Crippen LogP contribution in [0.3, 0.4) is 0 Å². The van der Waals surface area contributed by atoms with Gasteiger partial charge < -0.3 is 4.42 Å². The Bertz CT molecular complexity index is 990. The van der Waals surface area contributed by atoms with Crippen molar-refractivity contribution in [1.82, 2.24) is 9.88 Å². The van der Waals surface area contributed by atoms with Crippen LogP contribution in [0.1, 0.15) is 44.7 Å². The van der Waals surface area contributed by atoms with Gasteiger partial charge in [0.15, 0.2) is 0 Å². The molecule has 0 N–H and O–H groups in total. The van der Waals surface area contributed by atoms with Gasteiger partial charge in [0, 0.05) is 47.1 Å². The third-order valence-corrected chi connectivity index (χ3v) is 7.51. The maximum Gasteiger partial charge on any atom is 0.227 e. The molecule has 2 saturated heterocycles. The Morgan fingerprint density at radius 1 is 1.12 bits per heavy atom. The van der Waals surface area contributed by atoms with Crippen LogP contribution in [0.5, 0.6) is 0 Å². The molecule has 5 unspecified atom stereocenters. The van der Waals surface area contributed by atoms with Crippen molar-refractivity contribution in [2.75, 3.05) is 6.54 Å². The molecule has 1 aromatic carbocycles. The molecule has 2 aromatic heterocycles. The van der Waals surface area contributed by atoms with Crippen molar-refractivity contribution < 1.29 is 4.42 Å². The summed E-state index contributed by atoms with van der Waals surface area (Å²) >= 11 is 0. The van der Waals surface area contributed by atoms with Gasteiger partial charge in [-0.1, -0.05) is 26.0 Å². The van der Waals surface area contributed by atoms with Crippen molar-refractivity contribution in [3.8, 4) is 0 Å². The quantitative estimate of drug-likeness (QED) is 0.618. The second-order valence-electron chi connectivity index (χ2n) is 8.56. The Labute approximate surface area is 149 Å². The van der Waals surface area contributed by atoms with Gasteiger partial charge in [0.2, 0.25) is 5.71 Å². The van der Waals surface area contributed by atoms with Gasteiger partial charge >= 0.3 is 0 Å². The summed E-state index contributed by atoms with van der Waals surface area (Å²) in [6.07, 6.45) is 1.81. The van der Waals surface area contributed by atoms with Crippen molar-refractivity contribution in [3.05, 3.63) is 41.6 Å². The van der Waals surface area contributed by atoms with Gasteiger partial charge in [-0.15, -0.1) is 0 Å². The van der Waals surface area contributed by atoms with Gasteiger partial charge in [0.1, 0.15) is 5.58 Å². The minimum Gasteiger partial charge on any atom is -0.437 e. The van der Waals surface area contributed by atoms with E-state index in [4.69, 9.17) is 4.42 Å². The van der Waals surface area contributed by atoms with E-state index in [0.717, 1.165) is 16.7 Å². The number of benzene rings is 1. The molecule has 25 heavy (non-hydrogen) atoms. The molecule has 3 nitrogen and oxygen atoms in total. The largest absolute Gasteiger partial charge is 0.437 e. The van der Waals surface area contributed by atoms with Crippen LogP contribution in [-0.4, -0.2) is 28.5 Å². The van der Waals surface area contributed by atoms with Crippen LogP contribution in [0.15, 0.2) is 34.9 Å². The Hall–Kier alpha value is -1.87. The molecule has 0 aliphatic carbocycles. The molecular formula is C22H26N2O. The third kappa shape index (κ3) is 1.77. The fourth-order valence-corrected chi connectivity index (χ4v) is 5.91. The standard InChI is InChI=1S/C22H26N2O/c1-12-8-9-16-17-7-6-10-23-21(17)25-20(16)18(12)19-15(4)24-11-22(19,5)13(2)14(24)3/h6-10,13-15,19H,11H2,1-5H3/t13?,14?,15-,19?,22?/m1/s1. The van der Waals surface area contributed by atoms with E-state index in [0.29, 0.717) is 29.3 Å². The molecule has 0 amide bonds. The number of furan rings is 1. The molecule has 130 valence electrons. The third-order valence-electron chi connectivity index (χ3n) is 7.51. The molecule has 2 fully saturated rings. The van der Waals surface area contributed by atoms with E-state index in [-0.39, 0.29) is 0 Å². The number of fused-ring (bicyclic) bond motifs is 5. The highest BCUT2D eigenvalue weighted by molar-refractivity contribution is 6.05. The molecule has 3 aromatic rings. The summed E-state index contributed by atoms with van der Waals surface area (Å²) in [5.41, 5.74) is 4.86. The maximum absolute atomic E-state index is 6.31. The average Bonchev–Trinajstić information content (AvgIpc) is 3.17. The first-order valence-electron chi connectivity index (χ1n) is 9.46. The normalized spacial score (nSPS) is 37.4. The Morgan fingerprint density at radius 2 is 1.92 bits per heavy atom. The molecule has 0 saturated carbocycles. The summed E-state index contributed by atoms with van der Waals surface area (Å²) in [5, 5.41) is 2.33. The first-order valence-corrected chi connectivity index (χ1v) is 9.46. The zero-order chi connectivity index (χ0) is 17.5. The van der Waals surface area contributed by atoms with Crippen molar-refractivity contribution in [1.29, 1.82) is 0 Å². The summed E-state index contributed by atoms with van der Waals surface area (Å²) in [6.45, 7) is 13.1. The van der Waals surface area contributed by atoms with E-state index >= 15 is 0 Å². The highest BCUT2D eigenvalue weighted by atomic mass is 16.3. The molecule has 0 spiro atoms. The summed E-state index contributed by atoms with van der Waals surface area (Å²) in [7, 11) is 0. The van der Waals surface area contributed by atoms with Crippen LogP contribution < -0.4 is 0 Å². The van der Waals surface area contributed by atoms with Crippen molar-refractivity contribution in [2.24, 2.45) is 11.3 Å². The van der Waals surface area contributed by atoms with Crippen molar-refractivity contribution >= 4 is 22.1 Å². The lowest BCUT2D eigenvalue weighted by atomic mass is 9.63. The molecular weight excluding hydrogens is 308 g/mol. The number of hydrogen-bond donors (Lipinski definition) is 0. The Kier molecular flexibility index (Phi) is 2.99. The van der Waals surface area contributed by atoms with Crippen LogP contribution in [0, 0.1) is 18.3 Å². The number of rotatable bonds is 1. The number of pyridine rings is 1. The smallest absolute Gasteiger partial charge is 0.227 e. The first-order chi connectivity index (χ1) is 11.9. The molecule has 2 aliphatic rings. The lowest BCUT2D eigenvalue weighted by Crippen LogP contribution is -2.45. The Morgan fingerprint density at radius 3 is 2.68 bits per heavy atom. The van der Waals surface area contributed by atoms with Gasteiger partial charge in [-0.25, -0.2) is 4.98 Å². The van der Waals surface area contributed by atoms with Crippen molar-refractivity contribution in [2.45, 2.75) is 52.6 Å². The van der Waals surface area contributed by atoms with Crippen molar-refractivity contribution in [3.63, 3.8) is 0 Å². The molecule has 6 atom stereocenters. The lowest BCUT2D eigenvalue weighted by Gasteiger charge is -2.44. The summed E-state index contributed by atoms with van der Waals surface area (Å²) in [6, 6.07) is 9.79. The average molecular weight is 334 g/mol. The van der Waals surface area contributed by atoms with E-state index in [1.54, 1.807) is 0 Å². The van der Waals surface area contributed by atoms with E-state index in [1.807, 2.05) is 12.3 Å². The molecule has 2 bridgehead atoms. The molecule has 2 aliphatic heterocycles. The summed E-state index contributed by atoms with van der Waals surface area (Å²) in [5.74, 6) is 1.19. The maximum atomic E-state index is 6.31. The predicted molar refractivity (Wildman–Crippen MR) is 102 cm³/mol. The van der Waals surface area contributed by atoms with Crippen LogP contribution >= 0.6 is 0 Å². The number of piperidine rings is 1. The van der Waals surface area contributed by atoms with E-state index in [2.05, 4.69) is 62.7 Å². The highest BCUT2D eigenvalue weighted by Gasteiger charge is 2.60. The van der Waals surface area contributed by atoms with Gasteiger partial charge in [0.05, 0.1) is 0 Å². The monoisotopic (exact) mass is 334 g/mol. The van der Waals surface area contributed by atoms with Gasteiger partial charge in [0.25, 0.3) is 0 Å². The van der Waals surface area contributed by atoms with Crippen LogP contribution in [0.2, 0.25) is 0 Å². The summed E-state index contributed by atoms with van der Waals surface area (Å²) in [4.78, 5) is 7.15. The van der Waals surface area contributed by atoms with Crippen LogP contribution in [-0.2, 0) is 0 Å². The van der Waals surface area contributed by atoms with Crippen LogP contribution in [0.25, 0.3) is 22.1 Å². The minimum atomic E-state index is 0.296. The lowest BCUT2D eigenvalue weighted by molar-refractivity contribution is 0.112. The number of aromatic nitrogens is 1. The van der Waals surface area contributed by atoms with Gasteiger partial charge in [-0.2, -0.15) is 0 Å². The summed E-state index contributed by atoms with van der Waals surface area (Å²) < 4.78 is 6.31. The minimum absolute atomic E-state index is 0.296. The predicted octanol–water partition coefficient (Wildman–Crippen LogP) is 5.12. The molecule has 3 heteroatoms.